The summed E-state index contributed by atoms with van der Waals surface area (Å²) in [7, 11) is 0. The standard InChI is InChI=1S/C27H40N4O4/c1-6-20(28)26(35)31-16-22(32)24-21(31)12-14-30(24)23(33)15-17(2)11-13-29-25(34)18-7-9-19(10-8-18)27(3,4)5/h7-10,17,20-21,24H,6,11-16,28H2,1-5H3,(H,29,34). The van der Waals surface area contributed by atoms with E-state index in [2.05, 4.69) is 26.1 Å². The Morgan fingerprint density at radius 2 is 1.80 bits per heavy atom. The van der Waals surface area contributed by atoms with Crippen molar-refractivity contribution >= 4 is 23.5 Å². The topological polar surface area (TPSA) is 113 Å². The lowest BCUT2D eigenvalue weighted by atomic mass is 9.87. The smallest absolute Gasteiger partial charge is 0.251 e. The van der Waals surface area contributed by atoms with Crippen molar-refractivity contribution in [2.45, 2.75) is 83.8 Å². The van der Waals surface area contributed by atoms with Gasteiger partial charge in [-0.25, -0.2) is 0 Å². The highest BCUT2D eigenvalue weighted by atomic mass is 16.2. The lowest BCUT2D eigenvalue weighted by Crippen LogP contribution is -2.47. The predicted octanol–water partition coefficient (Wildman–Crippen LogP) is 2.25. The second-order valence-electron chi connectivity index (χ2n) is 11.0. The van der Waals surface area contributed by atoms with Gasteiger partial charge in [0.05, 0.1) is 18.6 Å². The Morgan fingerprint density at radius 1 is 1.14 bits per heavy atom. The number of nitrogens with one attached hydrogen (secondary N) is 1. The highest BCUT2D eigenvalue weighted by Gasteiger charge is 2.51. The molecule has 8 heteroatoms. The Bertz CT molecular complexity index is 953. The van der Waals surface area contributed by atoms with E-state index < -0.39 is 12.1 Å². The summed E-state index contributed by atoms with van der Waals surface area (Å²) in [5, 5.41) is 2.94. The van der Waals surface area contributed by atoms with Gasteiger partial charge in [-0.15, -0.1) is 0 Å². The van der Waals surface area contributed by atoms with Gasteiger partial charge in [0.2, 0.25) is 11.8 Å². The number of ketones is 1. The van der Waals surface area contributed by atoms with Crippen LogP contribution in [0.2, 0.25) is 0 Å². The highest BCUT2D eigenvalue weighted by Crippen LogP contribution is 2.31. The number of nitrogens with two attached hydrogens (primary N) is 1. The molecule has 2 fully saturated rings. The molecule has 3 amide bonds. The maximum absolute atomic E-state index is 13.0. The van der Waals surface area contributed by atoms with Crippen molar-refractivity contribution in [2.24, 2.45) is 11.7 Å². The molecule has 8 nitrogen and oxygen atoms in total. The van der Waals surface area contributed by atoms with Gasteiger partial charge in [-0.05, 0) is 48.3 Å². The molecule has 3 N–H and O–H groups in total. The number of Topliss-reactive ketones (excluding diaryl/α,β-unsaturated/α-hetero) is 1. The van der Waals surface area contributed by atoms with Gasteiger partial charge in [0, 0.05) is 25.1 Å². The first-order chi connectivity index (χ1) is 16.4. The summed E-state index contributed by atoms with van der Waals surface area (Å²) in [5.41, 5.74) is 7.72. The van der Waals surface area contributed by atoms with Gasteiger partial charge in [0.15, 0.2) is 5.78 Å². The molecule has 1 aromatic carbocycles. The largest absolute Gasteiger partial charge is 0.352 e. The second-order valence-corrected chi connectivity index (χ2v) is 11.0. The SMILES string of the molecule is CCC(N)C(=O)N1CC(=O)C2C1CCN2C(=O)CC(C)CCNC(=O)c1ccc(C(C)(C)C)cc1. The van der Waals surface area contributed by atoms with Gasteiger partial charge in [-0.2, -0.15) is 0 Å². The van der Waals surface area contributed by atoms with Crippen LogP contribution in [0.1, 0.15) is 76.2 Å². The molecule has 2 saturated heterocycles. The third-order valence-electron chi connectivity index (χ3n) is 7.24. The van der Waals surface area contributed by atoms with Crippen LogP contribution in [0.3, 0.4) is 0 Å². The molecule has 4 unspecified atom stereocenters. The minimum absolute atomic E-state index is 0.0317. The lowest BCUT2D eigenvalue weighted by molar-refractivity contribution is -0.137. The van der Waals surface area contributed by atoms with Gasteiger partial charge < -0.3 is 20.9 Å². The van der Waals surface area contributed by atoms with E-state index in [0.717, 1.165) is 0 Å². The van der Waals surface area contributed by atoms with Crippen LogP contribution in [-0.4, -0.2) is 71.1 Å². The number of benzene rings is 1. The monoisotopic (exact) mass is 484 g/mol. The number of carbonyl (C=O) groups excluding carboxylic acids is 4. The van der Waals surface area contributed by atoms with Crippen LogP contribution < -0.4 is 11.1 Å². The molecule has 3 rings (SSSR count). The Labute approximate surface area is 208 Å². The zero-order valence-electron chi connectivity index (χ0n) is 21.7. The predicted molar refractivity (Wildman–Crippen MR) is 135 cm³/mol. The maximum Gasteiger partial charge on any atom is 0.251 e. The number of nitrogens with zero attached hydrogens (tertiary/aromatic N) is 2. The van der Waals surface area contributed by atoms with Crippen LogP contribution >= 0.6 is 0 Å². The third kappa shape index (κ3) is 6.10. The number of fused-ring (bicyclic) bond motifs is 1. The molecule has 2 heterocycles. The summed E-state index contributed by atoms with van der Waals surface area (Å²) in [4.78, 5) is 53.9. The molecule has 4 atom stereocenters. The van der Waals surface area contributed by atoms with Gasteiger partial charge >= 0.3 is 0 Å². The zero-order valence-corrected chi connectivity index (χ0v) is 21.7. The van der Waals surface area contributed by atoms with E-state index >= 15 is 0 Å². The highest BCUT2D eigenvalue weighted by molar-refractivity contribution is 5.98. The van der Waals surface area contributed by atoms with E-state index in [1.54, 1.807) is 9.80 Å². The molecule has 0 radical (unpaired) electrons. The summed E-state index contributed by atoms with van der Waals surface area (Å²) >= 11 is 0. The minimum Gasteiger partial charge on any atom is -0.352 e. The molecule has 0 bridgehead atoms. The fourth-order valence-corrected chi connectivity index (χ4v) is 4.95. The molecular formula is C27H40N4O4. The van der Waals surface area contributed by atoms with E-state index in [1.807, 2.05) is 38.1 Å². The Balaban J connectivity index is 1.47. The quantitative estimate of drug-likeness (QED) is 0.588. The maximum atomic E-state index is 13.0. The molecular weight excluding hydrogens is 444 g/mol. The molecule has 0 saturated carbocycles. The Kier molecular flexibility index (Phi) is 8.36. The summed E-state index contributed by atoms with van der Waals surface area (Å²) in [6.07, 6.45) is 2.07. The van der Waals surface area contributed by atoms with Crippen LogP contribution in [0.15, 0.2) is 24.3 Å². The summed E-state index contributed by atoms with van der Waals surface area (Å²) < 4.78 is 0. The van der Waals surface area contributed by atoms with Crippen molar-refractivity contribution in [2.75, 3.05) is 19.6 Å². The number of hydrogen-bond acceptors (Lipinski definition) is 5. The molecule has 35 heavy (non-hydrogen) atoms. The van der Waals surface area contributed by atoms with Crippen LogP contribution in [-0.2, 0) is 19.8 Å². The van der Waals surface area contributed by atoms with E-state index in [-0.39, 0.29) is 47.4 Å². The third-order valence-corrected chi connectivity index (χ3v) is 7.24. The number of carbonyl (C=O) groups is 4. The van der Waals surface area contributed by atoms with Crippen LogP contribution in [0.5, 0.6) is 0 Å². The fourth-order valence-electron chi connectivity index (χ4n) is 4.95. The van der Waals surface area contributed by atoms with Crippen LogP contribution in [0.25, 0.3) is 0 Å². The van der Waals surface area contributed by atoms with E-state index in [9.17, 15) is 19.2 Å². The first-order valence-electron chi connectivity index (χ1n) is 12.7. The summed E-state index contributed by atoms with van der Waals surface area (Å²) in [6.45, 7) is 11.2. The second kappa shape index (κ2) is 10.9. The first kappa shape index (κ1) is 26.9. The number of rotatable bonds is 8. The van der Waals surface area contributed by atoms with Crippen molar-refractivity contribution in [3.05, 3.63) is 35.4 Å². The van der Waals surface area contributed by atoms with Gasteiger partial charge in [0.1, 0.15) is 6.04 Å². The molecule has 0 aliphatic carbocycles. The molecule has 0 spiro atoms. The normalized spacial score (nSPS) is 21.6. The first-order valence-corrected chi connectivity index (χ1v) is 12.7. The number of likely N-dealkylation sites (tertiary alicyclic amines) is 2. The lowest BCUT2D eigenvalue weighted by Gasteiger charge is -2.26. The van der Waals surface area contributed by atoms with Crippen molar-refractivity contribution in [3.63, 3.8) is 0 Å². The summed E-state index contributed by atoms with van der Waals surface area (Å²) in [5.74, 6) is -0.447. The molecule has 2 aliphatic heterocycles. The fraction of sp³-hybridized carbons (Fsp3) is 0.630. The van der Waals surface area contributed by atoms with Gasteiger partial charge in [-0.3, -0.25) is 19.2 Å². The van der Waals surface area contributed by atoms with E-state index in [1.165, 1.54) is 5.56 Å². The summed E-state index contributed by atoms with van der Waals surface area (Å²) in [6, 6.07) is 6.20. The van der Waals surface area contributed by atoms with E-state index in [0.29, 0.717) is 44.3 Å². The zero-order chi connectivity index (χ0) is 25.9. The molecule has 192 valence electrons. The van der Waals surface area contributed by atoms with Crippen molar-refractivity contribution in [1.29, 1.82) is 0 Å². The average Bonchev–Trinajstić information content (AvgIpc) is 3.38. The number of amides is 3. The van der Waals surface area contributed by atoms with Crippen molar-refractivity contribution < 1.29 is 19.2 Å². The Morgan fingerprint density at radius 3 is 2.40 bits per heavy atom. The van der Waals surface area contributed by atoms with Crippen molar-refractivity contribution in [1.82, 2.24) is 15.1 Å². The van der Waals surface area contributed by atoms with Gasteiger partial charge in [-0.1, -0.05) is 46.8 Å². The average molecular weight is 485 g/mol. The molecule has 2 aliphatic rings. The van der Waals surface area contributed by atoms with E-state index in [4.69, 9.17) is 5.73 Å². The van der Waals surface area contributed by atoms with Gasteiger partial charge in [0.25, 0.3) is 5.91 Å². The van der Waals surface area contributed by atoms with Crippen LogP contribution in [0.4, 0.5) is 0 Å². The molecule has 1 aromatic rings. The Hall–Kier alpha value is -2.74. The minimum atomic E-state index is -0.613. The van der Waals surface area contributed by atoms with Crippen LogP contribution in [0, 0.1) is 5.92 Å². The molecule has 0 aromatic heterocycles. The van der Waals surface area contributed by atoms with Crippen molar-refractivity contribution in [3.8, 4) is 0 Å². The number of hydrogen-bond donors (Lipinski definition) is 2.